The Kier molecular flexibility index (Phi) is 14.5. The molecule has 11 heteroatoms. The summed E-state index contributed by atoms with van der Waals surface area (Å²) in [5.74, 6) is 3.04. The van der Waals surface area contributed by atoms with Crippen LogP contribution in [0.5, 0.6) is 34.5 Å². The van der Waals surface area contributed by atoms with Crippen molar-refractivity contribution in [3.05, 3.63) is 71.3 Å². The van der Waals surface area contributed by atoms with Crippen molar-refractivity contribution in [3.63, 3.8) is 0 Å². The van der Waals surface area contributed by atoms with Crippen LogP contribution >= 0.6 is 0 Å². The fourth-order valence-corrected chi connectivity index (χ4v) is 5.21. The Bertz CT molecular complexity index is 1580. The third kappa shape index (κ3) is 11.0. The largest absolute Gasteiger partial charge is 0.504 e. The first-order chi connectivity index (χ1) is 22.7. The Morgan fingerprint density at radius 2 is 1.23 bits per heavy atom. The summed E-state index contributed by atoms with van der Waals surface area (Å²) >= 11 is 0. The number of likely N-dealkylation sites (tertiary alicyclic amines) is 2. The Morgan fingerprint density at radius 3 is 1.77 bits per heavy atom. The molecule has 2 unspecified atom stereocenters. The number of phenols is 1. The summed E-state index contributed by atoms with van der Waals surface area (Å²) in [6.07, 6.45) is 4.82. The van der Waals surface area contributed by atoms with E-state index < -0.39 is 0 Å². The van der Waals surface area contributed by atoms with Gasteiger partial charge in [0.15, 0.2) is 34.5 Å². The normalized spacial score (nSPS) is 17.2. The molecule has 2 atom stereocenters. The average molecular weight is 642 g/mol. The molecule has 0 aliphatic carbocycles. The third-order valence-electron chi connectivity index (χ3n) is 7.87. The number of nitriles is 3. The Balaban J connectivity index is 0.000000198. The monoisotopic (exact) mass is 641 g/mol. The standard InChI is InChI=1S/2C14H18N2O2.C8H7NO2/c1-16-7-3-4-12(16)10-18-13-6-5-11(9-15)8-14(13)17-2;1-16-7-3-4-12(10-16)18-13-6-5-11(9-15)8-14(13)17-2;1-11-8-4-6(5-9)2-3-7(8)10/h2*5-6,8,12H,3-4,7,10H2,1-2H3;2-4,10H,1H3. The van der Waals surface area contributed by atoms with Crippen molar-refractivity contribution < 1.29 is 28.8 Å². The second-order valence-electron chi connectivity index (χ2n) is 11.2. The number of rotatable bonds is 8. The van der Waals surface area contributed by atoms with Crippen molar-refractivity contribution in [2.45, 2.75) is 37.8 Å². The van der Waals surface area contributed by atoms with E-state index in [0.717, 1.165) is 38.2 Å². The molecule has 2 heterocycles. The Hall–Kier alpha value is -5.15. The summed E-state index contributed by atoms with van der Waals surface area (Å²) in [6, 6.07) is 21.6. The lowest BCUT2D eigenvalue weighted by Crippen LogP contribution is -2.38. The van der Waals surface area contributed by atoms with Gasteiger partial charge in [0.1, 0.15) is 12.7 Å². The molecule has 0 bridgehead atoms. The van der Waals surface area contributed by atoms with Gasteiger partial charge in [-0.3, -0.25) is 0 Å². The van der Waals surface area contributed by atoms with Gasteiger partial charge in [0.2, 0.25) is 0 Å². The SMILES string of the molecule is COc1cc(C#N)ccc1O.COc1cc(C#N)ccc1OC1CCCN(C)C1.COc1cc(C#N)ccc1OCC1CCCN1C. The number of methoxy groups -OCH3 is 3. The van der Waals surface area contributed by atoms with E-state index in [-0.39, 0.29) is 11.9 Å². The van der Waals surface area contributed by atoms with Gasteiger partial charge in [-0.15, -0.1) is 0 Å². The van der Waals surface area contributed by atoms with Crippen LogP contribution < -0.4 is 23.7 Å². The Labute approximate surface area is 277 Å². The number of aromatic hydroxyl groups is 1. The van der Waals surface area contributed by atoms with Gasteiger partial charge in [0.05, 0.1) is 56.2 Å². The lowest BCUT2D eigenvalue weighted by atomic mass is 10.1. The molecule has 47 heavy (non-hydrogen) atoms. The molecule has 3 aromatic rings. The van der Waals surface area contributed by atoms with E-state index in [1.807, 2.05) is 12.1 Å². The molecule has 3 aromatic carbocycles. The van der Waals surface area contributed by atoms with Crippen LogP contribution in [0.15, 0.2) is 54.6 Å². The number of hydrogen-bond acceptors (Lipinski definition) is 11. The highest BCUT2D eigenvalue weighted by molar-refractivity contribution is 5.48. The van der Waals surface area contributed by atoms with Crippen LogP contribution in [0, 0.1) is 34.0 Å². The molecule has 5 rings (SSSR count). The third-order valence-corrected chi connectivity index (χ3v) is 7.87. The van der Waals surface area contributed by atoms with Gasteiger partial charge in [-0.05, 0) is 89.3 Å². The maximum atomic E-state index is 9.10. The minimum Gasteiger partial charge on any atom is -0.504 e. The summed E-state index contributed by atoms with van der Waals surface area (Å²) in [4.78, 5) is 4.58. The van der Waals surface area contributed by atoms with Gasteiger partial charge in [-0.1, -0.05) is 0 Å². The molecule has 1 N–H and O–H groups in total. The molecule has 0 aromatic heterocycles. The number of piperidine rings is 1. The summed E-state index contributed by atoms with van der Waals surface area (Å²) in [7, 11) is 8.85. The van der Waals surface area contributed by atoms with Crippen molar-refractivity contribution in [2.75, 3.05) is 61.7 Å². The summed E-state index contributed by atoms with van der Waals surface area (Å²) in [6.45, 7) is 3.87. The highest BCUT2D eigenvalue weighted by Crippen LogP contribution is 2.31. The van der Waals surface area contributed by atoms with Crippen LogP contribution in [-0.4, -0.2) is 88.7 Å². The molecule has 0 saturated carbocycles. The summed E-state index contributed by atoms with van der Waals surface area (Å²) in [5.41, 5.74) is 1.64. The van der Waals surface area contributed by atoms with E-state index >= 15 is 0 Å². The van der Waals surface area contributed by atoms with Gasteiger partial charge >= 0.3 is 0 Å². The zero-order valence-corrected chi connectivity index (χ0v) is 27.7. The molecule has 2 fully saturated rings. The molecule has 0 spiro atoms. The zero-order valence-electron chi connectivity index (χ0n) is 27.7. The number of likely N-dealkylation sites (N-methyl/N-ethyl adjacent to an activating group) is 2. The average Bonchev–Trinajstić information content (AvgIpc) is 3.52. The molecule has 11 nitrogen and oxygen atoms in total. The first kappa shape index (κ1) is 36.3. The van der Waals surface area contributed by atoms with Crippen molar-refractivity contribution in [1.82, 2.24) is 9.80 Å². The fourth-order valence-electron chi connectivity index (χ4n) is 5.21. The quantitative estimate of drug-likeness (QED) is 0.340. The summed E-state index contributed by atoms with van der Waals surface area (Å²) < 4.78 is 27.1. The highest BCUT2D eigenvalue weighted by Gasteiger charge is 2.22. The maximum absolute atomic E-state index is 9.10. The molecule has 0 radical (unpaired) electrons. The number of phenolic OH excluding ortho intramolecular Hbond substituents is 1. The number of hydrogen-bond donors (Lipinski definition) is 1. The topological polar surface area (TPSA) is 144 Å². The predicted octanol–water partition coefficient (Wildman–Crippen LogP) is 5.35. The number of ether oxygens (including phenoxy) is 5. The van der Waals surface area contributed by atoms with Gasteiger partial charge < -0.3 is 38.6 Å². The second-order valence-corrected chi connectivity index (χ2v) is 11.2. The summed E-state index contributed by atoms with van der Waals surface area (Å²) in [5, 5.41) is 35.2. The van der Waals surface area contributed by atoms with Crippen LogP contribution in [-0.2, 0) is 0 Å². The maximum Gasteiger partial charge on any atom is 0.162 e. The van der Waals surface area contributed by atoms with E-state index in [2.05, 4.69) is 36.0 Å². The zero-order chi connectivity index (χ0) is 34.2. The molecule has 248 valence electrons. The van der Waals surface area contributed by atoms with E-state index in [4.69, 9.17) is 44.6 Å². The number of nitrogens with zero attached hydrogens (tertiary/aromatic N) is 5. The highest BCUT2D eigenvalue weighted by atomic mass is 16.5. The second kappa shape index (κ2) is 18.7. The molecule has 2 aliphatic rings. The van der Waals surface area contributed by atoms with Crippen LogP contribution in [0.25, 0.3) is 0 Å². The molecular formula is C36H43N5O6. The van der Waals surface area contributed by atoms with E-state index in [1.54, 1.807) is 44.6 Å². The van der Waals surface area contributed by atoms with Gasteiger partial charge in [-0.25, -0.2) is 0 Å². The van der Waals surface area contributed by atoms with Crippen LogP contribution in [0.3, 0.4) is 0 Å². The van der Waals surface area contributed by atoms with Crippen molar-refractivity contribution in [3.8, 4) is 52.7 Å². The minimum absolute atomic E-state index is 0.0477. The molecule has 2 aliphatic heterocycles. The van der Waals surface area contributed by atoms with E-state index in [0.29, 0.717) is 52.3 Å². The molecule has 2 saturated heterocycles. The van der Waals surface area contributed by atoms with Gasteiger partial charge in [0.25, 0.3) is 0 Å². The Morgan fingerprint density at radius 1 is 0.702 bits per heavy atom. The fraction of sp³-hybridized carbons (Fsp3) is 0.417. The minimum atomic E-state index is 0.0477. The van der Waals surface area contributed by atoms with Crippen LogP contribution in [0.1, 0.15) is 42.4 Å². The molecule has 0 amide bonds. The van der Waals surface area contributed by atoms with Crippen molar-refractivity contribution in [1.29, 1.82) is 15.8 Å². The van der Waals surface area contributed by atoms with Gasteiger partial charge in [0, 0.05) is 30.8 Å². The van der Waals surface area contributed by atoms with Crippen molar-refractivity contribution in [2.24, 2.45) is 0 Å². The predicted molar refractivity (Wildman–Crippen MR) is 177 cm³/mol. The van der Waals surface area contributed by atoms with Gasteiger partial charge in [-0.2, -0.15) is 15.8 Å². The molecular weight excluding hydrogens is 598 g/mol. The smallest absolute Gasteiger partial charge is 0.162 e. The first-order valence-electron chi connectivity index (χ1n) is 15.4. The van der Waals surface area contributed by atoms with Crippen molar-refractivity contribution >= 4 is 0 Å². The number of benzene rings is 3. The van der Waals surface area contributed by atoms with E-state index in [9.17, 15) is 0 Å². The van der Waals surface area contributed by atoms with E-state index in [1.165, 1.54) is 38.2 Å². The first-order valence-corrected chi connectivity index (χ1v) is 15.4. The lowest BCUT2D eigenvalue weighted by Gasteiger charge is -2.30. The van der Waals surface area contributed by atoms with Crippen LogP contribution in [0.4, 0.5) is 0 Å². The lowest BCUT2D eigenvalue weighted by molar-refractivity contribution is 0.101. The van der Waals surface area contributed by atoms with Crippen LogP contribution in [0.2, 0.25) is 0 Å².